The normalized spacial score (nSPS) is 24.1. The van der Waals surface area contributed by atoms with E-state index >= 15 is 0 Å². The molecule has 0 bridgehead atoms. The summed E-state index contributed by atoms with van der Waals surface area (Å²) in [6, 6.07) is 0. The number of nitrogens with zero attached hydrogens (tertiary/aromatic N) is 1. The van der Waals surface area contributed by atoms with Crippen LogP contribution in [0.5, 0.6) is 0 Å². The molecule has 1 heterocycles. The van der Waals surface area contributed by atoms with Gasteiger partial charge in [-0.1, -0.05) is 25.5 Å². The third kappa shape index (κ3) is 2.85. The Balaban J connectivity index is 2.09. The molecular weight excluding hydrogens is 222 g/mol. The molecule has 0 aromatic carbocycles. The molecule has 1 fully saturated rings. The molecule has 0 saturated carbocycles. The van der Waals surface area contributed by atoms with Crippen molar-refractivity contribution in [3.05, 3.63) is 23.3 Å². The maximum Gasteiger partial charge on any atom is 0.246 e. The van der Waals surface area contributed by atoms with Crippen LogP contribution in [0.3, 0.4) is 0 Å². The van der Waals surface area contributed by atoms with Crippen LogP contribution in [0.1, 0.15) is 52.9 Å². The van der Waals surface area contributed by atoms with E-state index in [1.807, 2.05) is 4.90 Å². The van der Waals surface area contributed by atoms with E-state index in [2.05, 4.69) is 26.8 Å². The van der Waals surface area contributed by atoms with E-state index in [1.54, 1.807) is 6.08 Å². The van der Waals surface area contributed by atoms with E-state index in [9.17, 15) is 4.79 Å². The first-order chi connectivity index (χ1) is 8.50. The zero-order valence-corrected chi connectivity index (χ0v) is 12.0. The van der Waals surface area contributed by atoms with Gasteiger partial charge in [0, 0.05) is 19.2 Å². The van der Waals surface area contributed by atoms with E-state index in [0.29, 0.717) is 0 Å². The van der Waals surface area contributed by atoms with Gasteiger partial charge >= 0.3 is 0 Å². The molecule has 1 aliphatic heterocycles. The summed E-state index contributed by atoms with van der Waals surface area (Å²) >= 11 is 0. The summed E-state index contributed by atoms with van der Waals surface area (Å²) in [6.07, 6.45) is 9.87. The summed E-state index contributed by atoms with van der Waals surface area (Å²) in [5, 5.41) is 0. The predicted octanol–water partition coefficient (Wildman–Crippen LogP) is 3.69. The SMILES string of the molecule is CC1=C(/C=C/C(=O)N2CCCC2)C(C)(C)CCC1. The van der Waals surface area contributed by atoms with Gasteiger partial charge in [0.15, 0.2) is 0 Å². The Hall–Kier alpha value is -1.05. The zero-order chi connectivity index (χ0) is 13.2. The Morgan fingerprint density at radius 2 is 1.89 bits per heavy atom. The minimum Gasteiger partial charge on any atom is -0.339 e. The Kier molecular flexibility index (Phi) is 3.94. The lowest BCUT2D eigenvalue weighted by atomic mass is 9.72. The van der Waals surface area contributed by atoms with Crippen LogP contribution >= 0.6 is 0 Å². The highest BCUT2D eigenvalue weighted by Crippen LogP contribution is 2.40. The molecule has 1 saturated heterocycles. The third-order valence-electron chi connectivity index (χ3n) is 4.35. The first kappa shape index (κ1) is 13.4. The molecule has 1 amide bonds. The van der Waals surface area contributed by atoms with Crippen LogP contribution in [-0.2, 0) is 4.79 Å². The van der Waals surface area contributed by atoms with E-state index in [1.165, 1.54) is 30.4 Å². The highest BCUT2D eigenvalue weighted by molar-refractivity contribution is 5.88. The second-order valence-corrected chi connectivity index (χ2v) is 6.30. The molecule has 0 aromatic rings. The van der Waals surface area contributed by atoms with Crippen LogP contribution in [0, 0.1) is 5.41 Å². The topological polar surface area (TPSA) is 20.3 Å². The average Bonchev–Trinajstić information content (AvgIpc) is 2.80. The molecule has 18 heavy (non-hydrogen) atoms. The first-order valence-corrected chi connectivity index (χ1v) is 7.18. The lowest BCUT2D eigenvalue weighted by Crippen LogP contribution is -2.26. The lowest BCUT2D eigenvalue weighted by molar-refractivity contribution is -0.125. The molecule has 100 valence electrons. The Labute approximate surface area is 111 Å². The van der Waals surface area contributed by atoms with Crippen molar-refractivity contribution in [2.24, 2.45) is 5.41 Å². The molecule has 2 rings (SSSR count). The van der Waals surface area contributed by atoms with Gasteiger partial charge in [-0.05, 0) is 50.0 Å². The summed E-state index contributed by atoms with van der Waals surface area (Å²) in [7, 11) is 0. The van der Waals surface area contributed by atoms with E-state index in [-0.39, 0.29) is 11.3 Å². The molecule has 0 unspecified atom stereocenters. The number of rotatable bonds is 2. The molecule has 0 spiro atoms. The third-order valence-corrected chi connectivity index (χ3v) is 4.35. The maximum atomic E-state index is 12.0. The second kappa shape index (κ2) is 5.29. The molecular formula is C16H25NO. The van der Waals surface area contributed by atoms with Crippen LogP contribution in [0.2, 0.25) is 0 Å². The molecule has 0 atom stereocenters. The summed E-state index contributed by atoms with van der Waals surface area (Å²) in [5.41, 5.74) is 3.06. The quantitative estimate of drug-likeness (QED) is 0.681. The number of likely N-dealkylation sites (tertiary alicyclic amines) is 1. The van der Waals surface area contributed by atoms with Crippen LogP contribution in [0.15, 0.2) is 23.3 Å². The molecule has 2 nitrogen and oxygen atoms in total. The van der Waals surface area contributed by atoms with Crippen LogP contribution in [-0.4, -0.2) is 23.9 Å². The predicted molar refractivity (Wildman–Crippen MR) is 75.3 cm³/mol. The van der Waals surface area contributed by atoms with Gasteiger partial charge < -0.3 is 4.90 Å². The molecule has 2 heteroatoms. The summed E-state index contributed by atoms with van der Waals surface area (Å²) in [4.78, 5) is 14.0. The van der Waals surface area contributed by atoms with E-state index in [0.717, 1.165) is 25.9 Å². The molecule has 2 aliphatic rings. The van der Waals surface area contributed by atoms with Gasteiger partial charge in [0.2, 0.25) is 5.91 Å². The summed E-state index contributed by atoms with van der Waals surface area (Å²) < 4.78 is 0. The number of carbonyl (C=O) groups is 1. The van der Waals surface area contributed by atoms with Gasteiger partial charge in [0.05, 0.1) is 0 Å². The van der Waals surface area contributed by atoms with E-state index < -0.39 is 0 Å². The number of hydrogen-bond donors (Lipinski definition) is 0. The van der Waals surface area contributed by atoms with Gasteiger partial charge in [0.25, 0.3) is 0 Å². The number of hydrogen-bond acceptors (Lipinski definition) is 1. The number of amides is 1. The van der Waals surface area contributed by atoms with Crippen LogP contribution in [0.4, 0.5) is 0 Å². The zero-order valence-electron chi connectivity index (χ0n) is 12.0. The molecule has 1 aliphatic carbocycles. The minimum atomic E-state index is 0.189. The summed E-state index contributed by atoms with van der Waals surface area (Å²) in [5.74, 6) is 0.189. The smallest absolute Gasteiger partial charge is 0.246 e. The van der Waals surface area contributed by atoms with Gasteiger partial charge in [-0.25, -0.2) is 0 Å². The van der Waals surface area contributed by atoms with Crippen molar-refractivity contribution in [1.29, 1.82) is 0 Å². The van der Waals surface area contributed by atoms with Crippen LogP contribution in [0.25, 0.3) is 0 Å². The highest BCUT2D eigenvalue weighted by atomic mass is 16.2. The second-order valence-electron chi connectivity index (χ2n) is 6.30. The molecule has 0 aromatic heterocycles. The average molecular weight is 247 g/mol. The van der Waals surface area contributed by atoms with E-state index in [4.69, 9.17) is 0 Å². The van der Waals surface area contributed by atoms with Crippen molar-refractivity contribution in [3.8, 4) is 0 Å². The van der Waals surface area contributed by atoms with Gasteiger partial charge in [-0.15, -0.1) is 0 Å². The Bertz CT molecular complexity index is 384. The lowest BCUT2D eigenvalue weighted by Gasteiger charge is -2.32. The van der Waals surface area contributed by atoms with Crippen molar-refractivity contribution in [1.82, 2.24) is 4.90 Å². The number of allylic oxidation sites excluding steroid dienone is 3. The monoisotopic (exact) mass is 247 g/mol. The fraction of sp³-hybridized carbons (Fsp3) is 0.688. The van der Waals surface area contributed by atoms with Gasteiger partial charge in [-0.2, -0.15) is 0 Å². The largest absolute Gasteiger partial charge is 0.339 e. The number of carbonyl (C=O) groups excluding carboxylic acids is 1. The standard InChI is InChI=1S/C16H25NO/c1-13-7-6-10-16(2,3)14(13)8-9-15(18)17-11-4-5-12-17/h8-9H,4-7,10-12H2,1-3H3/b9-8+. The van der Waals surface area contributed by atoms with Crippen molar-refractivity contribution in [2.75, 3.05) is 13.1 Å². The summed E-state index contributed by atoms with van der Waals surface area (Å²) in [6.45, 7) is 8.65. The molecule has 0 radical (unpaired) electrons. The maximum absolute atomic E-state index is 12.0. The van der Waals surface area contributed by atoms with Crippen molar-refractivity contribution < 1.29 is 4.79 Å². The fourth-order valence-corrected chi connectivity index (χ4v) is 3.21. The minimum absolute atomic E-state index is 0.189. The Morgan fingerprint density at radius 3 is 2.50 bits per heavy atom. The Morgan fingerprint density at radius 1 is 1.22 bits per heavy atom. The van der Waals surface area contributed by atoms with Crippen LogP contribution < -0.4 is 0 Å². The van der Waals surface area contributed by atoms with Crippen molar-refractivity contribution >= 4 is 5.91 Å². The van der Waals surface area contributed by atoms with Gasteiger partial charge in [0.1, 0.15) is 0 Å². The van der Waals surface area contributed by atoms with Crippen molar-refractivity contribution in [2.45, 2.75) is 52.9 Å². The fourth-order valence-electron chi connectivity index (χ4n) is 3.21. The van der Waals surface area contributed by atoms with Crippen molar-refractivity contribution in [3.63, 3.8) is 0 Å². The van der Waals surface area contributed by atoms with Gasteiger partial charge in [-0.3, -0.25) is 4.79 Å². The first-order valence-electron chi connectivity index (χ1n) is 7.18. The molecule has 0 N–H and O–H groups in total. The highest BCUT2D eigenvalue weighted by Gasteiger charge is 2.27.